The topological polar surface area (TPSA) is 55.4 Å². The Bertz CT molecular complexity index is 931. The van der Waals surface area contributed by atoms with Gasteiger partial charge in [-0.05, 0) is 48.2 Å². The van der Waals surface area contributed by atoms with Crippen molar-refractivity contribution in [2.45, 2.75) is 26.7 Å². The maximum atomic E-state index is 12.1. The molecule has 0 saturated heterocycles. The third kappa shape index (κ3) is 3.33. The molecule has 3 rings (SSSR count). The van der Waals surface area contributed by atoms with Gasteiger partial charge in [-0.1, -0.05) is 38.1 Å². The van der Waals surface area contributed by atoms with Crippen molar-refractivity contribution in [2.24, 2.45) is 0 Å². The summed E-state index contributed by atoms with van der Waals surface area (Å²) in [5, 5.41) is 3.07. The monoisotopic (exact) mass is 335 g/mol. The van der Waals surface area contributed by atoms with Crippen LogP contribution >= 0.6 is 0 Å². The van der Waals surface area contributed by atoms with Gasteiger partial charge in [0.25, 0.3) is 5.43 Å². The molecule has 1 N–H and O–H groups in total. The van der Waals surface area contributed by atoms with E-state index in [9.17, 15) is 9.59 Å². The van der Waals surface area contributed by atoms with Crippen LogP contribution in [0.1, 0.15) is 32.3 Å². The number of nitrogens with one attached hydrogen (secondary N) is 1. The number of ether oxygens (including phenoxy) is 1. The molecule has 0 aliphatic heterocycles. The van der Waals surface area contributed by atoms with Crippen LogP contribution in [0.4, 0.5) is 11.4 Å². The second-order valence-electron chi connectivity index (χ2n) is 6.27. The van der Waals surface area contributed by atoms with Gasteiger partial charge >= 0.3 is 0 Å². The molecule has 0 aliphatic carbocycles. The molecule has 0 spiro atoms. The largest absolute Gasteiger partial charge is 0.494 e. The molecule has 0 atom stereocenters. The molecular formula is C21H21NO3. The molecule has 4 heteroatoms. The molecule has 0 aliphatic rings. The summed E-state index contributed by atoms with van der Waals surface area (Å²) in [7, 11) is 0. The van der Waals surface area contributed by atoms with Crippen molar-refractivity contribution in [3.05, 3.63) is 74.5 Å². The Kier molecular flexibility index (Phi) is 4.70. The van der Waals surface area contributed by atoms with E-state index in [0.29, 0.717) is 23.8 Å². The Morgan fingerprint density at radius 1 is 0.920 bits per heavy atom. The second-order valence-corrected chi connectivity index (χ2v) is 6.27. The standard InChI is InChI=1S/C21H21NO3/c1-4-25-17-11-9-16(10-12-17)22-19-18(20(23)21(19)24)15-7-5-14(6-8-15)13(2)3/h5-13,22H,4H2,1-3H3. The van der Waals surface area contributed by atoms with E-state index < -0.39 is 10.9 Å². The van der Waals surface area contributed by atoms with Gasteiger partial charge in [-0.25, -0.2) is 0 Å². The lowest BCUT2D eigenvalue weighted by atomic mass is 9.95. The summed E-state index contributed by atoms with van der Waals surface area (Å²) in [5.41, 5.74) is 2.60. The van der Waals surface area contributed by atoms with E-state index in [-0.39, 0.29) is 0 Å². The minimum absolute atomic E-state index is 0.353. The first kappa shape index (κ1) is 17.0. The second kappa shape index (κ2) is 6.93. The highest BCUT2D eigenvalue weighted by atomic mass is 16.5. The van der Waals surface area contributed by atoms with E-state index >= 15 is 0 Å². The van der Waals surface area contributed by atoms with Crippen LogP contribution in [0.15, 0.2) is 58.1 Å². The minimum atomic E-state index is -0.475. The Morgan fingerprint density at radius 3 is 2.12 bits per heavy atom. The highest BCUT2D eigenvalue weighted by Crippen LogP contribution is 2.28. The van der Waals surface area contributed by atoms with Crippen LogP contribution in [0.2, 0.25) is 0 Å². The van der Waals surface area contributed by atoms with Crippen molar-refractivity contribution in [2.75, 3.05) is 11.9 Å². The van der Waals surface area contributed by atoms with Crippen molar-refractivity contribution >= 4 is 11.4 Å². The Hall–Kier alpha value is -2.88. The number of hydrogen-bond acceptors (Lipinski definition) is 4. The lowest BCUT2D eigenvalue weighted by Crippen LogP contribution is -2.35. The van der Waals surface area contributed by atoms with E-state index in [4.69, 9.17) is 4.74 Å². The van der Waals surface area contributed by atoms with Gasteiger partial charge in [0.05, 0.1) is 12.2 Å². The molecule has 0 saturated carbocycles. The van der Waals surface area contributed by atoms with Crippen LogP contribution in [-0.4, -0.2) is 6.61 Å². The molecule has 0 bridgehead atoms. The van der Waals surface area contributed by atoms with Gasteiger partial charge in [0.1, 0.15) is 11.4 Å². The summed E-state index contributed by atoms with van der Waals surface area (Å²) >= 11 is 0. The molecule has 4 nitrogen and oxygen atoms in total. The van der Waals surface area contributed by atoms with E-state index in [0.717, 1.165) is 17.0 Å². The van der Waals surface area contributed by atoms with Crippen molar-refractivity contribution in [1.82, 2.24) is 0 Å². The SMILES string of the molecule is CCOc1ccc(Nc2c(-c3ccc(C(C)C)cc3)c(=O)c2=O)cc1. The zero-order valence-corrected chi connectivity index (χ0v) is 14.6. The fourth-order valence-corrected chi connectivity index (χ4v) is 2.77. The molecule has 3 aromatic carbocycles. The van der Waals surface area contributed by atoms with Gasteiger partial charge in [-0.2, -0.15) is 0 Å². The molecule has 0 heterocycles. The zero-order valence-electron chi connectivity index (χ0n) is 14.6. The number of benzene rings is 2. The molecule has 0 radical (unpaired) electrons. The molecule has 0 amide bonds. The van der Waals surface area contributed by atoms with Gasteiger partial charge < -0.3 is 10.1 Å². The van der Waals surface area contributed by atoms with E-state index in [1.165, 1.54) is 5.56 Å². The first-order valence-corrected chi connectivity index (χ1v) is 8.44. The smallest absolute Gasteiger partial charge is 0.250 e. The average Bonchev–Trinajstić information content (AvgIpc) is 2.63. The van der Waals surface area contributed by atoms with E-state index in [1.54, 1.807) is 0 Å². The number of rotatable bonds is 6. The first-order valence-electron chi connectivity index (χ1n) is 8.44. The summed E-state index contributed by atoms with van der Waals surface area (Å²) in [6, 6.07) is 15.1. The average molecular weight is 335 g/mol. The van der Waals surface area contributed by atoms with Crippen molar-refractivity contribution in [1.29, 1.82) is 0 Å². The molecule has 0 fully saturated rings. The molecular weight excluding hydrogens is 314 g/mol. The van der Waals surface area contributed by atoms with Crippen LogP contribution in [0, 0.1) is 0 Å². The fourth-order valence-electron chi connectivity index (χ4n) is 2.77. The Labute approximate surface area is 146 Å². The maximum Gasteiger partial charge on any atom is 0.250 e. The molecule has 25 heavy (non-hydrogen) atoms. The first-order chi connectivity index (χ1) is 12.0. The predicted molar refractivity (Wildman–Crippen MR) is 102 cm³/mol. The fraction of sp³-hybridized carbons (Fsp3) is 0.238. The lowest BCUT2D eigenvalue weighted by molar-refractivity contribution is 0.340. The summed E-state index contributed by atoms with van der Waals surface area (Å²) in [6.07, 6.45) is 0. The Morgan fingerprint density at radius 2 is 1.56 bits per heavy atom. The third-order valence-corrected chi connectivity index (χ3v) is 4.21. The minimum Gasteiger partial charge on any atom is -0.494 e. The van der Waals surface area contributed by atoms with Gasteiger partial charge in [0, 0.05) is 5.69 Å². The van der Waals surface area contributed by atoms with Gasteiger partial charge in [-0.15, -0.1) is 0 Å². The number of anilines is 2. The van der Waals surface area contributed by atoms with Crippen molar-refractivity contribution in [3.8, 4) is 16.9 Å². The molecule has 3 aromatic rings. The van der Waals surface area contributed by atoms with Crippen LogP contribution < -0.4 is 20.9 Å². The van der Waals surface area contributed by atoms with E-state index in [2.05, 4.69) is 19.2 Å². The lowest BCUT2D eigenvalue weighted by Gasteiger charge is -2.14. The number of hydrogen-bond donors (Lipinski definition) is 1. The summed E-state index contributed by atoms with van der Waals surface area (Å²) in [4.78, 5) is 24.1. The summed E-state index contributed by atoms with van der Waals surface area (Å²) in [6.45, 7) is 6.75. The van der Waals surface area contributed by atoms with Crippen LogP contribution in [-0.2, 0) is 0 Å². The van der Waals surface area contributed by atoms with Crippen molar-refractivity contribution < 1.29 is 4.74 Å². The van der Waals surface area contributed by atoms with Gasteiger partial charge in [0.2, 0.25) is 5.43 Å². The highest BCUT2D eigenvalue weighted by molar-refractivity contribution is 5.84. The molecule has 0 aromatic heterocycles. The maximum absolute atomic E-state index is 12.1. The third-order valence-electron chi connectivity index (χ3n) is 4.21. The van der Waals surface area contributed by atoms with Crippen LogP contribution in [0.25, 0.3) is 11.1 Å². The highest BCUT2D eigenvalue weighted by Gasteiger charge is 2.22. The van der Waals surface area contributed by atoms with Crippen molar-refractivity contribution in [3.63, 3.8) is 0 Å². The van der Waals surface area contributed by atoms with Crippen LogP contribution in [0.5, 0.6) is 5.75 Å². The van der Waals surface area contributed by atoms with Crippen LogP contribution in [0.3, 0.4) is 0 Å². The molecule has 0 unspecified atom stereocenters. The summed E-state index contributed by atoms with van der Waals surface area (Å²) < 4.78 is 5.40. The predicted octanol–water partition coefficient (Wildman–Crippen LogP) is 4.22. The quantitative estimate of drug-likeness (QED) is 0.686. The molecule has 128 valence electrons. The summed E-state index contributed by atoms with van der Waals surface area (Å²) in [5.74, 6) is 1.19. The van der Waals surface area contributed by atoms with Gasteiger partial charge in [0.15, 0.2) is 0 Å². The Balaban J connectivity index is 1.87. The normalized spacial score (nSPS) is 11.0. The van der Waals surface area contributed by atoms with E-state index in [1.807, 2.05) is 55.5 Å². The zero-order chi connectivity index (χ0) is 18.0. The van der Waals surface area contributed by atoms with Gasteiger partial charge in [-0.3, -0.25) is 9.59 Å².